The fourth-order valence-electron chi connectivity index (χ4n) is 4.25. The third-order valence-electron chi connectivity index (χ3n) is 6.33. The zero-order valence-electron chi connectivity index (χ0n) is 19.0. The highest BCUT2D eigenvalue weighted by molar-refractivity contribution is 6.30. The van der Waals surface area contributed by atoms with Crippen LogP contribution in [0.1, 0.15) is 45.3 Å². The maximum atomic E-state index is 13.2. The lowest BCUT2D eigenvalue weighted by atomic mass is 10.0. The summed E-state index contributed by atoms with van der Waals surface area (Å²) in [6.07, 6.45) is 7.64. The molecule has 1 aliphatic carbocycles. The number of hydrogen-bond donors (Lipinski definition) is 1. The Morgan fingerprint density at radius 3 is 2.55 bits per heavy atom. The molecule has 0 spiro atoms. The number of urea groups is 1. The van der Waals surface area contributed by atoms with Crippen molar-refractivity contribution in [2.45, 2.75) is 51.7 Å². The van der Waals surface area contributed by atoms with Crippen LogP contribution >= 0.6 is 11.6 Å². The number of nitrogens with one attached hydrogen (secondary N) is 1. The summed E-state index contributed by atoms with van der Waals surface area (Å²) in [5.74, 6) is 1.44. The van der Waals surface area contributed by atoms with E-state index >= 15 is 0 Å². The van der Waals surface area contributed by atoms with E-state index in [4.69, 9.17) is 16.6 Å². The molecule has 2 aromatic heterocycles. The zero-order valence-corrected chi connectivity index (χ0v) is 19.8. The zero-order chi connectivity index (χ0) is 23.1. The number of imidazole rings is 1. The monoisotopic (exact) mass is 465 g/mol. The van der Waals surface area contributed by atoms with Crippen molar-refractivity contribution in [2.75, 3.05) is 16.8 Å². The molecule has 9 heteroatoms. The van der Waals surface area contributed by atoms with Crippen LogP contribution in [0.2, 0.25) is 5.02 Å². The van der Waals surface area contributed by atoms with E-state index in [0.717, 1.165) is 30.8 Å². The van der Waals surface area contributed by atoms with Gasteiger partial charge in [0.25, 0.3) is 0 Å². The first-order valence-electron chi connectivity index (χ1n) is 11.4. The average Bonchev–Trinajstić information content (AvgIpc) is 3.40. The van der Waals surface area contributed by atoms with E-state index < -0.39 is 0 Å². The minimum Gasteiger partial charge on any atom is -0.346 e. The lowest BCUT2D eigenvalue weighted by Gasteiger charge is -2.25. The lowest BCUT2D eigenvalue weighted by molar-refractivity contribution is 0.218. The summed E-state index contributed by atoms with van der Waals surface area (Å²) in [6, 6.07) is 9.84. The largest absolute Gasteiger partial charge is 0.346 e. The van der Waals surface area contributed by atoms with Gasteiger partial charge in [0.05, 0.1) is 24.1 Å². The van der Waals surface area contributed by atoms with Gasteiger partial charge in [-0.3, -0.25) is 4.90 Å². The van der Waals surface area contributed by atoms with Crippen LogP contribution in [0.25, 0.3) is 5.69 Å². The van der Waals surface area contributed by atoms with E-state index in [0.29, 0.717) is 28.7 Å². The van der Waals surface area contributed by atoms with E-state index in [1.807, 2.05) is 57.8 Å². The molecular weight excluding hydrogens is 438 g/mol. The molecule has 33 heavy (non-hydrogen) atoms. The predicted octanol–water partition coefficient (Wildman–Crippen LogP) is 4.92. The van der Waals surface area contributed by atoms with E-state index in [1.54, 1.807) is 12.5 Å². The maximum Gasteiger partial charge on any atom is 0.326 e. The summed E-state index contributed by atoms with van der Waals surface area (Å²) in [5, 5.41) is 4.03. The molecule has 0 bridgehead atoms. The van der Waals surface area contributed by atoms with Crippen LogP contribution in [0.3, 0.4) is 0 Å². The number of nitrogens with zero attached hydrogens (tertiary/aromatic N) is 6. The number of rotatable bonds is 7. The second-order valence-corrected chi connectivity index (χ2v) is 9.57. The third kappa shape index (κ3) is 4.39. The first kappa shape index (κ1) is 21.7. The normalized spacial score (nSPS) is 19.4. The standard InChI is InChI=1S/C24H28ClN7O/c1-15(2)21-13-31(19-8-9-19)24(33)32(21)22-10-11-26-23(29-22)28-16(3)20-12-30(14-27-20)18-6-4-17(25)5-7-18/h4-7,10-12,14-16,19,21H,8-9,13H2,1-3H3,(H,26,28,29)/t16?,21-/m1/s1. The van der Waals surface area contributed by atoms with Gasteiger partial charge in [-0.15, -0.1) is 0 Å². The van der Waals surface area contributed by atoms with Crippen LogP contribution in [0, 0.1) is 5.92 Å². The van der Waals surface area contributed by atoms with Crippen LogP contribution in [0.15, 0.2) is 49.1 Å². The van der Waals surface area contributed by atoms with Gasteiger partial charge in [0.15, 0.2) is 0 Å². The molecule has 172 valence electrons. The highest BCUT2D eigenvalue weighted by Crippen LogP contribution is 2.35. The third-order valence-corrected chi connectivity index (χ3v) is 6.58. The van der Waals surface area contributed by atoms with Gasteiger partial charge in [0, 0.05) is 35.7 Å². The Balaban J connectivity index is 1.33. The van der Waals surface area contributed by atoms with Gasteiger partial charge in [0.1, 0.15) is 5.82 Å². The van der Waals surface area contributed by atoms with E-state index in [-0.39, 0.29) is 18.1 Å². The van der Waals surface area contributed by atoms with Crippen LogP contribution in [-0.4, -0.2) is 49.1 Å². The summed E-state index contributed by atoms with van der Waals surface area (Å²) < 4.78 is 1.95. The second-order valence-electron chi connectivity index (χ2n) is 9.13. The Hall–Kier alpha value is -3.13. The Morgan fingerprint density at radius 2 is 1.85 bits per heavy atom. The molecule has 5 rings (SSSR count). The van der Waals surface area contributed by atoms with Gasteiger partial charge in [-0.25, -0.2) is 14.8 Å². The minimum atomic E-state index is -0.119. The molecule has 2 amide bonds. The molecule has 1 saturated heterocycles. The molecule has 8 nitrogen and oxygen atoms in total. The van der Waals surface area contributed by atoms with Gasteiger partial charge < -0.3 is 14.8 Å². The van der Waals surface area contributed by atoms with Crippen molar-refractivity contribution in [1.29, 1.82) is 0 Å². The van der Waals surface area contributed by atoms with Crippen molar-refractivity contribution in [1.82, 2.24) is 24.4 Å². The molecular formula is C24H28ClN7O. The van der Waals surface area contributed by atoms with E-state index in [2.05, 4.69) is 29.1 Å². The molecule has 1 N–H and O–H groups in total. The van der Waals surface area contributed by atoms with Crippen molar-refractivity contribution in [3.8, 4) is 5.69 Å². The summed E-state index contributed by atoms with van der Waals surface area (Å²) in [4.78, 5) is 30.6. The quantitative estimate of drug-likeness (QED) is 0.535. The number of carbonyl (C=O) groups excluding carboxylic acids is 1. The summed E-state index contributed by atoms with van der Waals surface area (Å²) in [5.41, 5.74) is 1.84. The number of carbonyl (C=O) groups is 1. The highest BCUT2D eigenvalue weighted by Gasteiger charge is 2.46. The number of aromatic nitrogens is 4. The molecule has 0 radical (unpaired) electrons. The topological polar surface area (TPSA) is 79.2 Å². The molecule has 2 fully saturated rings. The summed E-state index contributed by atoms with van der Waals surface area (Å²) in [6.45, 7) is 7.07. The molecule has 1 aliphatic heterocycles. The molecule has 3 aromatic rings. The van der Waals surface area contributed by atoms with Gasteiger partial charge in [-0.05, 0) is 56.0 Å². The Labute approximate surface area is 198 Å². The highest BCUT2D eigenvalue weighted by atomic mass is 35.5. The van der Waals surface area contributed by atoms with Crippen LogP contribution in [0.4, 0.5) is 16.6 Å². The average molecular weight is 466 g/mol. The molecule has 2 atom stereocenters. The fourth-order valence-corrected chi connectivity index (χ4v) is 4.37. The molecule has 2 aliphatic rings. The van der Waals surface area contributed by atoms with E-state index in [1.165, 1.54) is 0 Å². The molecule has 1 saturated carbocycles. The minimum absolute atomic E-state index is 0.0515. The molecule has 1 unspecified atom stereocenters. The number of amides is 2. The Kier molecular flexibility index (Phi) is 5.70. The summed E-state index contributed by atoms with van der Waals surface area (Å²) in [7, 11) is 0. The predicted molar refractivity (Wildman–Crippen MR) is 129 cm³/mol. The van der Waals surface area contributed by atoms with E-state index in [9.17, 15) is 4.79 Å². The second kappa shape index (κ2) is 8.67. The van der Waals surface area contributed by atoms with Crippen molar-refractivity contribution in [3.63, 3.8) is 0 Å². The smallest absolute Gasteiger partial charge is 0.326 e. The Morgan fingerprint density at radius 1 is 1.09 bits per heavy atom. The van der Waals surface area contributed by atoms with Gasteiger partial charge in [-0.1, -0.05) is 25.4 Å². The van der Waals surface area contributed by atoms with Crippen LogP contribution < -0.4 is 10.2 Å². The van der Waals surface area contributed by atoms with Crippen molar-refractivity contribution in [3.05, 3.63) is 59.8 Å². The maximum absolute atomic E-state index is 13.2. The first-order chi connectivity index (χ1) is 15.9. The number of anilines is 2. The van der Waals surface area contributed by atoms with Crippen LogP contribution in [0.5, 0.6) is 0 Å². The summed E-state index contributed by atoms with van der Waals surface area (Å²) >= 11 is 5.99. The number of hydrogen-bond acceptors (Lipinski definition) is 5. The van der Waals surface area contributed by atoms with Crippen molar-refractivity contribution in [2.24, 2.45) is 5.92 Å². The van der Waals surface area contributed by atoms with Crippen LogP contribution in [-0.2, 0) is 0 Å². The van der Waals surface area contributed by atoms with Gasteiger partial charge in [-0.2, -0.15) is 4.98 Å². The Bertz CT molecular complexity index is 1140. The van der Waals surface area contributed by atoms with Crippen molar-refractivity contribution >= 4 is 29.4 Å². The SMILES string of the molecule is CC(Nc1nccc(N2C(=O)N(C3CC3)C[C@@H]2C(C)C)n1)c1cn(-c2ccc(Cl)cc2)cn1. The molecule has 3 heterocycles. The fraction of sp³-hybridized carbons (Fsp3) is 0.417. The van der Waals surface area contributed by atoms with Gasteiger partial charge >= 0.3 is 6.03 Å². The molecule has 1 aromatic carbocycles. The van der Waals surface area contributed by atoms with Gasteiger partial charge in [0.2, 0.25) is 5.95 Å². The number of halogens is 1. The van der Waals surface area contributed by atoms with Crippen molar-refractivity contribution < 1.29 is 4.79 Å². The number of benzene rings is 1. The first-order valence-corrected chi connectivity index (χ1v) is 11.8. The lowest BCUT2D eigenvalue weighted by Crippen LogP contribution is -2.38.